The molecule has 1 amide bonds. The Morgan fingerprint density at radius 2 is 2.04 bits per heavy atom. The maximum atomic E-state index is 12.5. The molecule has 1 aliphatic rings. The summed E-state index contributed by atoms with van der Waals surface area (Å²) >= 11 is 0. The molecule has 0 aliphatic carbocycles. The molecule has 0 bridgehead atoms. The van der Waals surface area contributed by atoms with Gasteiger partial charge < -0.3 is 11.1 Å². The summed E-state index contributed by atoms with van der Waals surface area (Å²) in [4.78, 5) is 11.1. The van der Waals surface area contributed by atoms with E-state index in [0.717, 1.165) is 6.42 Å². The van der Waals surface area contributed by atoms with Gasteiger partial charge in [0.1, 0.15) is 0 Å². The van der Waals surface area contributed by atoms with Gasteiger partial charge in [0.15, 0.2) is 0 Å². The van der Waals surface area contributed by atoms with Gasteiger partial charge in [-0.3, -0.25) is 4.79 Å². The van der Waals surface area contributed by atoms with Crippen LogP contribution in [-0.2, 0) is 10.0 Å². The lowest BCUT2D eigenvalue weighted by Crippen LogP contribution is -2.38. The van der Waals surface area contributed by atoms with E-state index in [1.54, 1.807) is 11.2 Å². The number of hydrazone groups is 1. The number of benzene rings is 1. The summed E-state index contributed by atoms with van der Waals surface area (Å²) in [5.74, 6) is -0.164. The molecule has 0 fully saturated rings. The van der Waals surface area contributed by atoms with E-state index in [-0.39, 0.29) is 22.3 Å². The first-order chi connectivity index (χ1) is 11.4. The van der Waals surface area contributed by atoms with Gasteiger partial charge in [-0.15, -0.1) is 4.40 Å². The molecule has 130 valence electrons. The Hall–Kier alpha value is -2.42. The van der Waals surface area contributed by atoms with Crippen molar-refractivity contribution in [3.05, 3.63) is 29.8 Å². The van der Waals surface area contributed by atoms with Crippen molar-refractivity contribution in [1.29, 1.82) is 0 Å². The highest BCUT2D eigenvalue weighted by molar-refractivity contribution is 7.90. The first-order valence-corrected chi connectivity index (χ1v) is 9.11. The summed E-state index contributed by atoms with van der Waals surface area (Å²) in [6.45, 7) is 4.98. The van der Waals surface area contributed by atoms with Crippen LogP contribution in [-0.4, -0.2) is 44.6 Å². The average molecular weight is 351 g/mol. The van der Waals surface area contributed by atoms with E-state index in [9.17, 15) is 13.2 Å². The number of sulfonamides is 1. The van der Waals surface area contributed by atoms with E-state index in [0.29, 0.717) is 13.1 Å². The van der Waals surface area contributed by atoms with Gasteiger partial charge in [-0.25, -0.2) is 5.01 Å². The van der Waals surface area contributed by atoms with E-state index >= 15 is 0 Å². The zero-order valence-corrected chi connectivity index (χ0v) is 14.5. The molecule has 9 heteroatoms. The van der Waals surface area contributed by atoms with Crippen LogP contribution in [0.5, 0.6) is 0 Å². The number of nitrogens with one attached hydrogen (secondary N) is 1. The Labute approximate surface area is 141 Å². The molecule has 0 saturated carbocycles. The number of amides is 1. The van der Waals surface area contributed by atoms with Crippen molar-refractivity contribution in [2.75, 3.05) is 13.1 Å². The van der Waals surface area contributed by atoms with E-state index in [1.807, 2.05) is 13.8 Å². The van der Waals surface area contributed by atoms with Crippen molar-refractivity contribution >= 4 is 28.1 Å². The van der Waals surface area contributed by atoms with E-state index in [4.69, 9.17) is 5.73 Å². The molecular formula is C15H21N5O3S. The minimum absolute atomic E-state index is 0.0156. The molecular weight excluding hydrogens is 330 g/mol. The van der Waals surface area contributed by atoms with Crippen LogP contribution in [0, 0.1) is 5.92 Å². The van der Waals surface area contributed by atoms with Crippen LogP contribution < -0.4 is 11.1 Å². The van der Waals surface area contributed by atoms with Crippen LogP contribution in [0.4, 0.5) is 0 Å². The molecule has 3 N–H and O–H groups in total. The van der Waals surface area contributed by atoms with Crippen molar-refractivity contribution in [1.82, 2.24) is 10.3 Å². The third kappa shape index (κ3) is 4.10. The Morgan fingerprint density at radius 3 is 2.54 bits per heavy atom. The lowest BCUT2D eigenvalue weighted by molar-refractivity contribution is 0.1000. The fourth-order valence-electron chi connectivity index (χ4n) is 2.15. The quantitative estimate of drug-likeness (QED) is 0.600. The van der Waals surface area contributed by atoms with Gasteiger partial charge in [0.25, 0.3) is 10.0 Å². The van der Waals surface area contributed by atoms with Crippen LogP contribution in [0.1, 0.15) is 30.6 Å². The molecule has 1 aromatic rings. The molecule has 1 aliphatic heterocycles. The molecule has 0 spiro atoms. The van der Waals surface area contributed by atoms with E-state index in [2.05, 4.69) is 14.8 Å². The highest BCUT2D eigenvalue weighted by Crippen LogP contribution is 2.16. The fraction of sp³-hybridized carbons (Fsp3) is 0.400. The van der Waals surface area contributed by atoms with E-state index < -0.39 is 15.9 Å². The Bertz CT molecular complexity index is 756. The Kier molecular flexibility index (Phi) is 5.55. The molecule has 2 rings (SSSR count). The minimum Gasteiger partial charge on any atom is -0.366 e. The van der Waals surface area contributed by atoms with Crippen LogP contribution in [0.2, 0.25) is 0 Å². The fourth-order valence-corrected chi connectivity index (χ4v) is 3.13. The molecule has 8 nitrogen and oxygen atoms in total. The molecule has 24 heavy (non-hydrogen) atoms. The molecule has 0 saturated heterocycles. The van der Waals surface area contributed by atoms with Crippen molar-refractivity contribution in [3.8, 4) is 0 Å². The molecule has 1 heterocycles. The third-order valence-electron chi connectivity index (χ3n) is 3.57. The number of hydrogen-bond donors (Lipinski definition) is 2. The molecule has 0 radical (unpaired) electrons. The number of carbonyl (C=O) groups excluding carboxylic acids is 1. The standard InChI is InChI=1S/C15H21N5O3S/c1-3-11-9-18-20(10-11)15(17-4-2)19-24(22,23)13-7-5-12(6-8-13)14(16)21/h5-9,11H,3-4,10H2,1-2H3,(H2,16,21)(H,17,19). The summed E-state index contributed by atoms with van der Waals surface area (Å²) < 4.78 is 28.8. The Morgan fingerprint density at radius 1 is 1.38 bits per heavy atom. The monoisotopic (exact) mass is 351 g/mol. The number of primary amides is 1. The largest absolute Gasteiger partial charge is 0.366 e. The number of hydrogen-bond acceptors (Lipinski definition) is 4. The van der Waals surface area contributed by atoms with Crippen LogP contribution in [0.3, 0.4) is 0 Å². The minimum atomic E-state index is -3.93. The van der Waals surface area contributed by atoms with Gasteiger partial charge in [-0.1, -0.05) is 6.92 Å². The zero-order valence-electron chi connectivity index (χ0n) is 13.6. The molecule has 1 unspecified atom stereocenters. The highest BCUT2D eigenvalue weighted by Gasteiger charge is 2.23. The zero-order chi connectivity index (χ0) is 17.7. The maximum Gasteiger partial charge on any atom is 0.285 e. The Balaban J connectivity index is 2.29. The third-order valence-corrected chi connectivity index (χ3v) is 4.85. The van der Waals surface area contributed by atoms with Crippen LogP contribution in [0.15, 0.2) is 38.7 Å². The van der Waals surface area contributed by atoms with Gasteiger partial charge in [0.2, 0.25) is 11.9 Å². The van der Waals surface area contributed by atoms with Crippen molar-refractivity contribution in [2.24, 2.45) is 21.2 Å². The normalized spacial score (nSPS) is 18.0. The second-order valence-corrected chi connectivity index (χ2v) is 6.93. The number of guanidine groups is 1. The molecule has 0 aromatic heterocycles. The van der Waals surface area contributed by atoms with E-state index in [1.165, 1.54) is 24.3 Å². The number of rotatable bonds is 5. The van der Waals surface area contributed by atoms with Crippen molar-refractivity contribution in [2.45, 2.75) is 25.2 Å². The number of carbonyl (C=O) groups is 1. The summed E-state index contributed by atoms with van der Waals surface area (Å²) in [6.07, 6.45) is 2.71. The first kappa shape index (κ1) is 17.9. The smallest absolute Gasteiger partial charge is 0.285 e. The predicted octanol–water partition coefficient (Wildman–Crippen LogP) is 0.767. The lowest BCUT2D eigenvalue weighted by atomic mass is 10.1. The molecule has 1 atom stereocenters. The SMILES string of the molecule is CCN/C(=N\S(=O)(=O)c1ccc(C(N)=O)cc1)N1CC(CC)C=N1. The second-order valence-electron chi connectivity index (χ2n) is 5.32. The maximum absolute atomic E-state index is 12.5. The summed E-state index contributed by atoms with van der Waals surface area (Å²) in [6, 6.07) is 5.34. The van der Waals surface area contributed by atoms with Crippen molar-refractivity contribution in [3.63, 3.8) is 0 Å². The highest BCUT2D eigenvalue weighted by atomic mass is 32.2. The first-order valence-electron chi connectivity index (χ1n) is 7.67. The summed E-state index contributed by atoms with van der Waals surface area (Å²) in [7, 11) is -3.93. The number of nitrogens with two attached hydrogens (primary N) is 1. The average Bonchev–Trinajstić information content (AvgIpc) is 3.03. The lowest BCUT2D eigenvalue weighted by Gasteiger charge is -2.18. The van der Waals surface area contributed by atoms with Crippen LogP contribution in [0.25, 0.3) is 0 Å². The van der Waals surface area contributed by atoms with Gasteiger partial charge >= 0.3 is 0 Å². The van der Waals surface area contributed by atoms with Crippen molar-refractivity contribution < 1.29 is 13.2 Å². The van der Waals surface area contributed by atoms with Gasteiger partial charge in [0, 0.05) is 24.2 Å². The predicted molar refractivity (Wildman–Crippen MR) is 92.2 cm³/mol. The number of nitrogens with zero attached hydrogens (tertiary/aromatic N) is 3. The topological polar surface area (TPSA) is 117 Å². The van der Waals surface area contributed by atoms with Gasteiger partial charge in [-0.2, -0.15) is 13.5 Å². The summed E-state index contributed by atoms with van der Waals surface area (Å²) in [5, 5.41) is 8.69. The molecule has 1 aromatic carbocycles. The van der Waals surface area contributed by atoms with Gasteiger partial charge in [-0.05, 0) is 37.6 Å². The van der Waals surface area contributed by atoms with Gasteiger partial charge in [0.05, 0.1) is 11.4 Å². The summed E-state index contributed by atoms with van der Waals surface area (Å²) in [5.41, 5.74) is 5.39. The van der Waals surface area contributed by atoms with Crippen LogP contribution >= 0.6 is 0 Å². The second kappa shape index (κ2) is 7.43.